The molecule has 1 heterocycles. The van der Waals surface area contributed by atoms with Crippen LogP contribution in [0.5, 0.6) is 0 Å². The zero-order valence-corrected chi connectivity index (χ0v) is 14.7. The van der Waals surface area contributed by atoms with Crippen LogP contribution in [0.2, 0.25) is 0 Å². The number of thioether (sulfide) groups is 1. The van der Waals surface area contributed by atoms with Crippen LogP contribution in [0.25, 0.3) is 0 Å². The van der Waals surface area contributed by atoms with E-state index >= 15 is 0 Å². The third kappa shape index (κ3) is 5.93. The predicted octanol–water partition coefficient (Wildman–Crippen LogP) is 1.92. The van der Waals surface area contributed by atoms with Crippen molar-refractivity contribution in [3.05, 3.63) is 46.0 Å². The Morgan fingerprint density at radius 1 is 1.44 bits per heavy atom. The fraction of sp³-hybridized carbons (Fsp3) is 0.500. The molecular weight excluding hydrogens is 346 g/mol. The second-order valence-corrected chi connectivity index (χ2v) is 6.98. The molecule has 25 heavy (non-hydrogen) atoms. The summed E-state index contributed by atoms with van der Waals surface area (Å²) in [6, 6.07) is 8.47. The van der Waals surface area contributed by atoms with Gasteiger partial charge in [0.1, 0.15) is 12.6 Å². The number of rotatable bonds is 9. The van der Waals surface area contributed by atoms with Gasteiger partial charge in [-0.3, -0.25) is 9.59 Å². The third-order valence-corrected chi connectivity index (χ3v) is 4.90. The first-order valence-electron chi connectivity index (χ1n) is 8.08. The van der Waals surface area contributed by atoms with Crippen molar-refractivity contribution in [1.29, 1.82) is 0 Å². The number of hydrogen-bond acceptors (Lipinski definition) is 6. The largest absolute Gasteiger partial charge is 0.350 e. The lowest BCUT2D eigenvalue weighted by molar-refractivity contribution is -0.758. The minimum absolute atomic E-state index is 0.205. The van der Waals surface area contributed by atoms with Crippen LogP contribution in [-0.4, -0.2) is 40.2 Å². The van der Waals surface area contributed by atoms with Crippen LogP contribution in [0, 0.1) is 10.1 Å². The van der Waals surface area contributed by atoms with E-state index in [2.05, 4.69) is 15.5 Å². The minimum atomic E-state index is -0.875. The fourth-order valence-electron chi connectivity index (χ4n) is 2.69. The average Bonchev–Trinajstić information content (AvgIpc) is 2.94. The first kappa shape index (κ1) is 19.0. The van der Waals surface area contributed by atoms with Crippen molar-refractivity contribution >= 4 is 22.9 Å². The highest BCUT2D eigenvalue weighted by Crippen LogP contribution is 2.27. The molecule has 0 radical (unpaired) electrons. The van der Waals surface area contributed by atoms with Gasteiger partial charge in [0.25, 0.3) is 10.3 Å². The summed E-state index contributed by atoms with van der Waals surface area (Å²) in [5, 5.41) is 14.4. The smallest absolute Gasteiger partial charge is 0.294 e. The summed E-state index contributed by atoms with van der Waals surface area (Å²) in [6.07, 6.45) is 1.87. The molecule has 1 aromatic rings. The van der Waals surface area contributed by atoms with Gasteiger partial charge in [0.15, 0.2) is 0 Å². The van der Waals surface area contributed by atoms with E-state index in [0.717, 1.165) is 23.7 Å². The van der Waals surface area contributed by atoms with Gasteiger partial charge in [0.2, 0.25) is 5.91 Å². The van der Waals surface area contributed by atoms with Crippen molar-refractivity contribution in [3.63, 3.8) is 0 Å². The molecule has 2 rings (SSSR count). The minimum Gasteiger partial charge on any atom is -0.350 e. The molecule has 0 spiro atoms. The molecule has 0 aromatic heterocycles. The number of nitrogens with one attached hydrogen (secondary N) is 2. The first-order chi connectivity index (χ1) is 12.0. The molecule has 1 unspecified atom stereocenters. The summed E-state index contributed by atoms with van der Waals surface area (Å²) in [4.78, 5) is 39.0. The molecule has 8 nitrogen and oxygen atoms in total. The summed E-state index contributed by atoms with van der Waals surface area (Å²) >= 11 is 1.11. The molecule has 1 fully saturated rings. The molecular formula is C16H21N3O5S. The topological polar surface area (TPSA) is 111 Å². The van der Waals surface area contributed by atoms with Gasteiger partial charge in [-0.05, 0) is 18.4 Å². The van der Waals surface area contributed by atoms with Crippen LogP contribution in [0.1, 0.15) is 25.3 Å². The van der Waals surface area contributed by atoms with E-state index in [0.29, 0.717) is 12.8 Å². The van der Waals surface area contributed by atoms with Crippen molar-refractivity contribution < 1.29 is 19.5 Å². The Morgan fingerprint density at radius 2 is 2.16 bits per heavy atom. The maximum atomic E-state index is 12.6. The second-order valence-electron chi connectivity index (χ2n) is 5.77. The molecule has 1 aliphatic heterocycles. The van der Waals surface area contributed by atoms with Crippen LogP contribution >= 0.6 is 11.8 Å². The van der Waals surface area contributed by atoms with E-state index in [4.69, 9.17) is 0 Å². The highest BCUT2D eigenvalue weighted by atomic mass is 32.2. The van der Waals surface area contributed by atoms with Gasteiger partial charge in [0.05, 0.1) is 6.04 Å². The van der Waals surface area contributed by atoms with Gasteiger partial charge in [-0.2, -0.15) is 0 Å². The average molecular weight is 367 g/mol. The molecule has 1 aliphatic rings. The number of hydrogen-bond donors (Lipinski definition) is 2. The number of nitrogens with zero attached hydrogens (tertiary/aromatic N) is 1. The van der Waals surface area contributed by atoms with E-state index < -0.39 is 17.2 Å². The van der Waals surface area contributed by atoms with Crippen LogP contribution < -0.4 is 10.6 Å². The van der Waals surface area contributed by atoms with Crippen LogP contribution in [0.3, 0.4) is 0 Å². The number of carbonyl (C=O) groups excluding carboxylic acids is 2. The lowest BCUT2D eigenvalue weighted by Crippen LogP contribution is -2.51. The molecule has 1 saturated heterocycles. The summed E-state index contributed by atoms with van der Waals surface area (Å²) in [5.74, 6) is -0.343. The summed E-state index contributed by atoms with van der Waals surface area (Å²) in [7, 11) is 0. The molecule has 0 saturated carbocycles. The van der Waals surface area contributed by atoms with E-state index in [9.17, 15) is 19.7 Å². The highest BCUT2D eigenvalue weighted by Gasteiger charge is 2.38. The van der Waals surface area contributed by atoms with E-state index in [-0.39, 0.29) is 23.0 Å². The predicted molar refractivity (Wildman–Crippen MR) is 93.6 cm³/mol. The maximum Gasteiger partial charge on any atom is 0.294 e. The number of amides is 2. The van der Waals surface area contributed by atoms with Crippen LogP contribution in [0.4, 0.5) is 4.79 Å². The first-order valence-corrected chi connectivity index (χ1v) is 8.96. The summed E-state index contributed by atoms with van der Waals surface area (Å²) < 4.78 is 0. The normalized spacial score (nSPS) is 20.6. The van der Waals surface area contributed by atoms with Gasteiger partial charge >= 0.3 is 0 Å². The molecule has 0 aliphatic carbocycles. The Bertz CT molecular complexity index is 613. The second kappa shape index (κ2) is 9.26. The zero-order chi connectivity index (χ0) is 18.2. The SMILES string of the molecule is CCC[C@@H](CO[N+](=O)[O-])NC(=O)[C@H]1NC(=O)SC1Cc1ccccc1. The van der Waals surface area contributed by atoms with Crippen molar-refractivity contribution in [1.82, 2.24) is 10.6 Å². The Labute approximate surface area is 149 Å². The van der Waals surface area contributed by atoms with Crippen LogP contribution in [0.15, 0.2) is 30.3 Å². The summed E-state index contributed by atoms with van der Waals surface area (Å²) in [6.45, 7) is 1.71. The fourth-order valence-corrected chi connectivity index (χ4v) is 3.76. The van der Waals surface area contributed by atoms with Crippen LogP contribution in [-0.2, 0) is 16.1 Å². The zero-order valence-electron chi connectivity index (χ0n) is 13.8. The quantitative estimate of drug-likeness (QED) is 0.509. The Morgan fingerprint density at radius 3 is 2.80 bits per heavy atom. The third-order valence-electron chi connectivity index (χ3n) is 3.83. The van der Waals surface area contributed by atoms with Gasteiger partial charge in [-0.1, -0.05) is 55.4 Å². The van der Waals surface area contributed by atoms with Gasteiger partial charge in [-0.15, -0.1) is 10.1 Å². The van der Waals surface area contributed by atoms with Crippen molar-refractivity contribution in [3.8, 4) is 0 Å². The van der Waals surface area contributed by atoms with Crippen molar-refractivity contribution in [2.45, 2.75) is 43.5 Å². The van der Waals surface area contributed by atoms with E-state index in [1.165, 1.54) is 0 Å². The Balaban J connectivity index is 1.99. The van der Waals surface area contributed by atoms with Gasteiger partial charge in [0, 0.05) is 5.25 Å². The lowest BCUT2D eigenvalue weighted by atomic mass is 10.0. The molecule has 0 bridgehead atoms. The lowest BCUT2D eigenvalue weighted by Gasteiger charge is -2.22. The highest BCUT2D eigenvalue weighted by molar-refractivity contribution is 8.14. The Kier molecular flexibility index (Phi) is 7.05. The van der Waals surface area contributed by atoms with Gasteiger partial charge in [-0.25, -0.2) is 0 Å². The molecule has 2 amide bonds. The molecule has 2 N–H and O–H groups in total. The van der Waals surface area contributed by atoms with E-state index in [1.807, 2.05) is 37.3 Å². The molecule has 3 atom stereocenters. The standard InChI is InChI=1S/C16H21N3O5S/c1-2-6-12(10-24-19(22)23)17-15(20)14-13(25-16(21)18-14)9-11-7-4-3-5-8-11/h3-5,7-8,12-14H,2,6,9-10H2,1H3,(H,17,20)(H,18,21)/t12-,13?,14-/m0/s1. The van der Waals surface area contributed by atoms with Crippen molar-refractivity contribution in [2.75, 3.05) is 6.61 Å². The number of carbonyl (C=O) groups is 2. The Hall–Kier alpha value is -2.29. The number of benzene rings is 1. The van der Waals surface area contributed by atoms with Gasteiger partial charge < -0.3 is 15.5 Å². The molecule has 1 aromatic carbocycles. The summed E-state index contributed by atoms with van der Waals surface area (Å²) in [5.41, 5.74) is 1.04. The molecule has 136 valence electrons. The van der Waals surface area contributed by atoms with Crippen molar-refractivity contribution in [2.24, 2.45) is 0 Å². The monoisotopic (exact) mass is 367 g/mol. The maximum absolute atomic E-state index is 12.6. The molecule has 9 heteroatoms. The van der Waals surface area contributed by atoms with E-state index in [1.54, 1.807) is 0 Å².